The van der Waals surface area contributed by atoms with Crippen molar-refractivity contribution < 1.29 is 175 Å². The molecule has 127 heavy (non-hydrogen) atoms. The molecule has 8 N–H and O–H groups in total. The Bertz CT molecular complexity index is 3970. The van der Waals surface area contributed by atoms with Crippen molar-refractivity contribution in [3.05, 3.63) is 29.6 Å². The first kappa shape index (κ1) is 112. The van der Waals surface area contributed by atoms with Gasteiger partial charge in [0.05, 0.1) is 71.7 Å². The molecule has 9 fully saturated rings. The Hall–Kier alpha value is -11.3. The summed E-state index contributed by atoms with van der Waals surface area (Å²) in [6, 6.07) is 1.14. The Morgan fingerprint density at radius 1 is 0.362 bits per heavy atom. The van der Waals surface area contributed by atoms with E-state index in [1.54, 1.807) is 92.9 Å². The molecular formula is C84H131N7O36. The highest BCUT2D eigenvalue weighted by Crippen LogP contribution is 2.36. The number of cyclic esters (lactones) is 4. The fourth-order valence-corrected chi connectivity index (χ4v) is 13.7. The standard InChI is InChI=1S/C12H19NO6.C12H17NO5.2C12H21NO5.2C12H19NO4.C7H5NO4.C4H6O3.CH4/c1-12(2,3)19-11(18)13-5-4-7(9(14)15)8(6-13)10(16)17;1-12(2,3)18-11(16)13-5-4-7-8(6-13)10(15)17-9(7)14;1-12(2,3)18-11(17)13-5-4-9(10(15)16)8(6-13)7-14;1-12(2,3)18-11(17)13-5-4-8(7-14)9(6-13)10(15)16;1-12(2,3)17-11(15)13-5-4-9-8(6-13)7-16-10(9)14;1-12(2,3)17-11(15)13-5-4-8-7-16-10(14)9(8)6-13;9-6(10)4-1-2-8-3-5(4)7(11)12;1-3(5)7-4(2)6;/h7-8H,4-6H2,1-3H3,(H,14,15)(H,16,17);7-8H,4-6H2,1-3H3;2*8-9,14H,4-7H2,1-3H3,(H,15,16);2*8-9H,4-7H2,1-3H3;1-3H,(H,9,10)(H,11,12);1-2H3;1H4/t7-,8+;7?,8-;2*8-,9-;8-,9?;8?,9-;;;/m010101.../s1. The summed E-state index contributed by atoms with van der Waals surface area (Å²) in [5, 5.41) is 71.5. The van der Waals surface area contributed by atoms with Crippen molar-refractivity contribution in [1.29, 1.82) is 0 Å². The van der Waals surface area contributed by atoms with Crippen LogP contribution < -0.4 is 0 Å². The maximum Gasteiger partial charge on any atom is 0.410 e. The van der Waals surface area contributed by atoms with Crippen LogP contribution in [0.25, 0.3) is 0 Å². The monoisotopic (exact) mass is 1810 g/mol. The summed E-state index contributed by atoms with van der Waals surface area (Å²) < 4.78 is 50.0. The molecule has 3 unspecified atom stereocenters. The number of carboxylic acids is 6. The molecular weight excluding hydrogens is 1680 g/mol. The SMILES string of the molecule is C.CC(=O)OC(C)=O.CC(C)(C)OC(=O)N1CCC2C(=O)OC(=O)[C@@H]2C1.CC(C)(C)OC(=O)N1CCC2C(=O)OC[C@@H]2C1.CC(C)(C)OC(=O)N1CCC2COC(=O)[C@@H]2C1.CC(C)(C)OC(=O)N1CC[C@H](C(=O)O)[C@H](C(=O)O)C1.CC(C)(C)OC(=O)N1CC[C@H](C(=O)O)[C@H](CO)C1.CC(C)(C)OC(=O)N1CC[C@H](CO)[C@H](C(=O)O)C1.O=C(O)c1ccncc1C(=O)O. The Morgan fingerprint density at radius 2 is 0.685 bits per heavy atom. The average molecular weight is 1810 g/mol. The summed E-state index contributed by atoms with van der Waals surface area (Å²) in [4.78, 5) is 214. The largest absolute Gasteiger partial charge is 0.481 e. The predicted molar refractivity (Wildman–Crippen MR) is 441 cm³/mol. The molecule has 718 valence electrons. The van der Waals surface area contributed by atoms with E-state index in [1.165, 1.54) is 39.6 Å². The topological polar surface area (TPSA) is 594 Å². The molecule has 9 aliphatic heterocycles. The van der Waals surface area contributed by atoms with Crippen molar-refractivity contribution in [3.63, 3.8) is 0 Å². The summed E-state index contributed by atoms with van der Waals surface area (Å²) in [7, 11) is 0. The van der Waals surface area contributed by atoms with Gasteiger partial charge >= 0.3 is 108 Å². The number of piperidine rings is 6. The van der Waals surface area contributed by atoms with Gasteiger partial charge in [0, 0.05) is 136 Å². The highest BCUT2D eigenvalue weighted by Gasteiger charge is 2.50. The lowest BCUT2D eigenvalue weighted by atomic mass is 9.86. The predicted octanol–water partition coefficient (Wildman–Crippen LogP) is 7.89. The van der Waals surface area contributed by atoms with Crippen molar-refractivity contribution in [2.45, 2.75) is 218 Å². The zero-order chi connectivity index (χ0) is 96.4. The molecule has 12 atom stereocenters. The van der Waals surface area contributed by atoms with Crippen LogP contribution in [0.15, 0.2) is 18.5 Å². The van der Waals surface area contributed by atoms with Crippen LogP contribution in [0.1, 0.15) is 205 Å². The van der Waals surface area contributed by atoms with Crippen molar-refractivity contribution in [2.24, 2.45) is 71.0 Å². The Morgan fingerprint density at radius 3 is 1.06 bits per heavy atom. The normalized spacial score (nSPS) is 23.5. The van der Waals surface area contributed by atoms with E-state index in [1.807, 2.05) is 41.5 Å². The van der Waals surface area contributed by atoms with Crippen LogP contribution in [0.2, 0.25) is 0 Å². The molecule has 0 spiro atoms. The number of aliphatic carboxylic acids is 4. The molecule has 1 aromatic heterocycles. The fourth-order valence-electron chi connectivity index (χ4n) is 13.7. The van der Waals surface area contributed by atoms with Gasteiger partial charge in [0.1, 0.15) is 33.6 Å². The zero-order valence-corrected chi connectivity index (χ0v) is 75.4. The number of pyridine rings is 1. The average Bonchev–Trinajstić information content (AvgIpc) is 1.61. The Kier molecular flexibility index (Phi) is 42.8. The summed E-state index contributed by atoms with van der Waals surface area (Å²) in [5.41, 5.74) is -3.93. The van der Waals surface area contributed by atoms with Gasteiger partial charge in [0.15, 0.2) is 0 Å². The molecule has 6 amide bonds. The van der Waals surface area contributed by atoms with Gasteiger partial charge in [-0.25, -0.2) is 38.4 Å². The van der Waals surface area contributed by atoms with Gasteiger partial charge < -0.3 is 118 Å². The number of aromatic nitrogens is 1. The summed E-state index contributed by atoms with van der Waals surface area (Å²) >= 11 is 0. The lowest BCUT2D eigenvalue weighted by Gasteiger charge is -2.36. The second kappa shape index (κ2) is 48.6. The van der Waals surface area contributed by atoms with Crippen LogP contribution in [0, 0.1) is 71.0 Å². The number of aliphatic hydroxyl groups is 2. The number of hydrogen-bond acceptors (Lipinski definition) is 31. The van der Waals surface area contributed by atoms with Crippen LogP contribution >= 0.6 is 0 Å². The number of carboxylic acid groups (broad SMARTS) is 6. The van der Waals surface area contributed by atoms with Crippen LogP contribution in [0.3, 0.4) is 0 Å². The quantitative estimate of drug-likeness (QED) is 0.0696. The van der Waals surface area contributed by atoms with Gasteiger partial charge in [0.25, 0.3) is 0 Å². The number of hydrogen-bond donors (Lipinski definition) is 8. The highest BCUT2D eigenvalue weighted by molar-refractivity contribution is 6.01. The number of esters is 6. The maximum absolute atomic E-state index is 11.9. The van der Waals surface area contributed by atoms with Gasteiger partial charge in [-0.2, -0.15) is 0 Å². The first-order chi connectivity index (χ1) is 57.9. The van der Waals surface area contributed by atoms with Crippen molar-refractivity contribution in [2.75, 3.05) is 105 Å². The molecule has 0 saturated carbocycles. The van der Waals surface area contributed by atoms with E-state index < -0.39 is 159 Å². The minimum atomic E-state index is -1.29. The van der Waals surface area contributed by atoms with E-state index in [4.69, 9.17) is 73.6 Å². The van der Waals surface area contributed by atoms with Gasteiger partial charge in [-0.1, -0.05) is 7.43 Å². The molecule has 9 saturated heterocycles. The zero-order valence-electron chi connectivity index (χ0n) is 75.4. The second-order valence-electron chi connectivity index (χ2n) is 37.0. The number of fused-ring (bicyclic) bond motifs is 3. The van der Waals surface area contributed by atoms with Crippen molar-refractivity contribution >= 4 is 108 Å². The molecule has 10 heterocycles. The lowest BCUT2D eigenvalue weighted by molar-refractivity contribution is -0.157. The third-order valence-electron chi connectivity index (χ3n) is 19.7. The number of nitrogens with zero attached hydrogens (tertiary/aromatic N) is 7. The van der Waals surface area contributed by atoms with Gasteiger partial charge in [-0.15, -0.1) is 0 Å². The number of aromatic carboxylic acids is 2. The molecule has 1 aromatic rings. The van der Waals surface area contributed by atoms with Crippen LogP contribution in [0.5, 0.6) is 0 Å². The molecule has 0 radical (unpaired) electrons. The maximum atomic E-state index is 11.9. The first-order valence-corrected chi connectivity index (χ1v) is 41.1. The van der Waals surface area contributed by atoms with E-state index in [0.717, 1.165) is 18.7 Å². The van der Waals surface area contributed by atoms with Gasteiger partial charge in [-0.3, -0.25) is 52.9 Å². The molecule has 9 aliphatic rings. The molecule has 0 bridgehead atoms. The van der Waals surface area contributed by atoms with Crippen molar-refractivity contribution in [3.8, 4) is 0 Å². The number of amides is 6. The Labute approximate surface area is 737 Å². The van der Waals surface area contributed by atoms with E-state index in [2.05, 4.69) is 14.5 Å². The van der Waals surface area contributed by atoms with E-state index in [0.29, 0.717) is 84.7 Å². The molecule has 43 nitrogen and oxygen atoms in total. The number of carbonyl (C=O) groups excluding carboxylic acids is 12. The van der Waals surface area contributed by atoms with Gasteiger partial charge in [0.2, 0.25) is 0 Å². The highest BCUT2D eigenvalue weighted by atomic mass is 16.6. The van der Waals surface area contributed by atoms with E-state index >= 15 is 0 Å². The molecule has 0 aliphatic carbocycles. The first-order valence-electron chi connectivity index (χ1n) is 41.1. The third kappa shape index (κ3) is 38.8. The molecule has 10 rings (SSSR count). The minimum absolute atomic E-state index is 0. The van der Waals surface area contributed by atoms with Crippen LogP contribution in [-0.4, -0.2) is 322 Å². The number of likely N-dealkylation sites (tertiary alicyclic amines) is 6. The third-order valence-corrected chi connectivity index (χ3v) is 19.7. The van der Waals surface area contributed by atoms with Crippen molar-refractivity contribution in [1.82, 2.24) is 34.4 Å². The van der Waals surface area contributed by atoms with Crippen LogP contribution in [0.4, 0.5) is 28.8 Å². The number of ether oxygens (including phenoxy) is 10. The fraction of sp³-hybridized carbons (Fsp3) is 0.726. The van der Waals surface area contributed by atoms with E-state index in [9.17, 15) is 91.4 Å². The molecule has 0 aromatic carbocycles. The molecule has 43 heteroatoms. The van der Waals surface area contributed by atoms with Gasteiger partial charge in [-0.05, 0) is 175 Å². The van der Waals surface area contributed by atoms with Crippen LogP contribution in [-0.2, 0) is 95.3 Å². The number of rotatable bonds is 8. The summed E-state index contributed by atoms with van der Waals surface area (Å²) in [5.74, 6) is -14.0. The Balaban J connectivity index is 0.000000496. The van der Waals surface area contributed by atoms with E-state index in [-0.39, 0.29) is 125 Å². The number of aliphatic hydroxyl groups excluding tert-OH is 2. The smallest absolute Gasteiger partial charge is 0.410 e. The minimum Gasteiger partial charge on any atom is -0.481 e. The lowest BCUT2D eigenvalue weighted by Crippen LogP contribution is -2.49. The summed E-state index contributed by atoms with van der Waals surface area (Å²) in [6.45, 7) is 39.0. The number of carbonyl (C=O) groups is 18. The second-order valence-corrected chi connectivity index (χ2v) is 37.0. The summed E-state index contributed by atoms with van der Waals surface area (Å²) in [6.07, 6.45) is 2.49.